The molecule has 1 spiro atoms. The Morgan fingerprint density at radius 1 is 1.31 bits per heavy atom. The second kappa shape index (κ2) is 9.59. The number of hydrogen-bond acceptors (Lipinski definition) is 8. The van der Waals surface area contributed by atoms with Gasteiger partial charge >= 0.3 is 0 Å². The van der Waals surface area contributed by atoms with Crippen LogP contribution in [-0.4, -0.2) is 79.8 Å². The van der Waals surface area contributed by atoms with Crippen LogP contribution in [0.1, 0.15) is 56.1 Å². The van der Waals surface area contributed by atoms with Crippen LogP contribution in [0.15, 0.2) is 17.3 Å². The maximum absolute atomic E-state index is 12.2. The average molecular weight is 487 g/mol. The van der Waals surface area contributed by atoms with Gasteiger partial charge in [-0.25, -0.2) is 0 Å². The summed E-state index contributed by atoms with van der Waals surface area (Å²) >= 11 is 0. The number of carbonyl (C=O) groups excluding carboxylic acids is 1. The van der Waals surface area contributed by atoms with E-state index in [4.69, 9.17) is 20.0 Å². The van der Waals surface area contributed by atoms with E-state index in [1.165, 1.54) is 5.56 Å². The van der Waals surface area contributed by atoms with Gasteiger partial charge in [-0.2, -0.15) is 0 Å². The number of unbranched alkanes of at least 4 members (excludes halogenated alkanes) is 3. The highest BCUT2D eigenvalue weighted by molar-refractivity contribution is 5.94. The largest absolute Gasteiger partial charge is 0.493 e. The number of nitrogens with two attached hydrogens (primary N) is 1. The molecule has 1 aromatic carbocycles. The summed E-state index contributed by atoms with van der Waals surface area (Å²) in [4.78, 5) is 20.0. The van der Waals surface area contributed by atoms with Gasteiger partial charge in [0.2, 0.25) is 0 Å². The molecule has 4 aliphatic rings. The number of piperidine rings is 1. The molecule has 192 valence electrons. The van der Waals surface area contributed by atoms with Crippen molar-refractivity contribution in [2.45, 2.75) is 74.5 Å². The number of hydrogen-bond donors (Lipinski definition) is 3. The molecule has 1 saturated heterocycles. The third-order valence-corrected chi connectivity index (χ3v) is 8.58. The van der Waals surface area contributed by atoms with Gasteiger partial charge in [-0.05, 0) is 70.3 Å². The average Bonchev–Trinajstić information content (AvgIpc) is 3.20. The van der Waals surface area contributed by atoms with Crippen molar-refractivity contribution < 1.29 is 24.2 Å². The summed E-state index contributed by atoms with van der Waals surface area (Å²) in [6.45, 7) is 2.06. The zero-order valence-electron chi connectivity index (χ0n) is 20.8. The number of likely N-dealkylation sites (tertiary alicyclic amines) is 1. The van der Waals surface area contributed by atoms with Gasteiger partial charge in [0.25, 0.3) is 5.91 Å². The highest BCUT2D eigenvalue weighted by Gasteiger charge is 2.72. The van der Waals surface area contributed by atoms with E-state index < -0.39 is 17.1 Å². The minimum Gasteiger partial charge on any atom is -0.493 e. The first-order valence-electron chi connectivity index (χ1n) is 12.9. The molecule has 9 heteroatoms. The summed E-state index contributed by atoms with van der Waals surface area (Å²) in [7, 11) is 3.74. The highest BCUT2D eigenvalue weighted by Crippen LogP contribution is 2.64. The van der Waals surface area contributed by atoms with Gasteiger partial charge in [-0.3, -0.25) is 4.79 Å². The SMILES string of the molecule is COc1ccc2c3c1O[C@H]1/C(=N\OCC(=O)NCCCCCCN)CC[C@@]4(O)[C@@H](C2)N(C)CC[C@]314. The number of benzene rings is 1. The van der Waals surface area contributed by atoms with Crippen LogP contribution in [-0.2, 0) is 21.5 Å². The summed E-state index contributed by atoms with van der Waals surface area (Å²) in [5, 5.41) is 19.5. The van der Waals surface area contributed by atoms with Crippen molar-refractivity contribution in [1.82, 2.24) is 10.2 Å². The van der Waals surface area contributed by atoms with E-state index in [1.807, 2.05) is 6.07 Å². The number of nitrogens with one attached hydrogen (secondary N) is 1. The van der Waals surface area contributed by atoms with Crippen molar-refractivity contribution in [3.63, 3.8) is 0 Å². The Bertz CT molecular complexity index is 1000. The van der Waals surface area contributed by atoms with Crippen LogP contribution >= 0.6 is 0 Å². The number of methoxy groups -OCH3 is 1. The third kappa shape index (κ3) is 3.79. The molecule has 2 bridgehead atoms. The van der Waals surface area contributed by atoms with E-state index in [9.17, 15) is 9.90 Å². The Kier molecular flexibility index (Phi) is 6.67. The van der Waals surface area contributed by atoms with Crippen LogP contribution in [0.4, 0.5) is 0 Å². The fourth-order valence-corrected chi connectivity index (χ4v) is 6.87. The highest BCUT2D eigenvalue weighted by atomic mass is 16.6. The van der Waals surface area contributed by atoms with Crippen molar-refractivity contribution in [2.75, 3.05) is 40.4 Å². The van der Waals surface area contributed by atoms with Crippen molar-refractivity contribution in [3.05, 3.63) is 23.3 Å². The molecule has 1 amide bonds. The Morgan fingerprint density at radius 2 is 2.14 bits per heavy atom. The number of ether oxygens (including phenoxy) is 2. The predicted octanol–water partition coefficient (Wildman–Crippen LogP) is 1.49. The van der Waals surface area contributed by atoms with E-state index in [0.29, 0.717) is 31.7 Å². The van der Waals surface area contributed by atoms with E-state index in [-0.39, 0.29) is 18.6 Å². The van der Waals surface area contributed by atoms with Gasteiger partial charge in [0, 0.05) is 18.2 Å². The molecule has 0 aromatic heterocycles. The predicted molar refractivity (Wildman–Crippen MR) is 132 cm³/mol. The number of amides is 1. The number of oxime groups is 1. The van der Waals surface area contributed by atoms with Crippen molar-refractivity contribution in [2.24, 2.45) is 10.9 Å². The molecular weight excluding hydrogens is 448 g/mol. The molecule has 0 radical (unpaired) electrons. The lowest BCUT2D eigenvalue weighted by molar-refractivity contribution is -0.161. The smallest absolute Gasteiger partial charge is 0.260 e. The van der Waals surface area contributed by atoms with E-state index in [1.54, 1.807) is 7.11 Å². The summed E-state index contributed by atoms with van der Waals surface area (Å²) < 4.78 is 12.2. The number of carbonyl (C=O) groups is 1. The van der Waals surface area contributed by atoms with Crippen LogP contribution < -0.4 is 20.5 Å². The quantitative estimate of drug-likeness (QED) is 0.339. The Labute approximate surface area is 207 Å². The first-order chi connectivity index (χ1) is 17.0. The molecule has 0 unspecified atom stereocenters. The third-order valence-electron chi connectivity index (χ3n) is 8.58. The lowest BCUT2D eigenvalue weighted by Crippen LogP contribution is -2.76. The molecule has 2 aliphatic carbocycles. The molecule has 2 aliphatic heterocycles. The molecule has 4 N–H and O–H groups in total. The summed E-state index contributed by atoms with van der Waals surface area (Å²) in [5.74, 6) is 1.21. The first kappa shape index (κ1) is 24.3. The van der Waals surface area contributed by atoms with E-state index >= 15 is 0 Å². The number of nitrogens with zero attached hydrogens (tertiary/aromatic N) is 2. The standard InChI is InChI=1S/C26H38N4O5/c1-30-14-11-25-22-17-7-8-19(33-2)23(22)35-24(25)18(9-10-26(25,32)20(30)15-17)29-34-16-21(31)28-13-6-4-3-5-12-27/h7-8,20,24,32H,3-6,9-16,27H2,1-2H3,(H,28,31)/b29-18-/t20-,24+,25+,26-/m1/s1. The Balaban J connectivity index is 1.33. The lowest BCUT2D eigenvalue weighted by Gasteiger charge is -2.62. The first-order valence-corrected chi connectivity index (χ1v) is 12.9. The topological polar surface area (TPSA) is 119 Å². The van der Waals surface area contributed by atoms with Gasteiger partial charge in [0.1, 0.15) is 0 Å². The monoisotopic (exact) mass is 486 g/mol. The molecule has 2 heterocycles. The van der Waals surface area contributed by atoms with Gasteiger partial charge in [-0.1, -0.05) is 24.1 Å². The molecule has 9 nitrogen and oxygen atoms in total. The van der Waals surface area contributed by atoms with Crippen molar-refractivity contribution >= 4 is 11.6 Å². The lowest BCUT2D eigenvalue weighted by atomic mass is 9.49. The number of aliphatic hydroxyl groups is 1. The fourth-order valence-electron chi connectivity index (χ4n) is 6.87. The zero-order valence-corrected chi connectivity index (χ0v) is 20.8. The van der Waals surface area contributed by atoms with Crippen LogP contribution in [0.5, 0.6) is 11.5 Å². The zero-order chi connectivity index (χ0) is 24.6. The summed E-state index contributed by atoms with van der Waals surface area (Å²) in [6.07, 6.45) is 6.32. The van der Waals surface area contributed by atoms with Crippen LogP contribution in [0.3, 0.4) is 0 Å². The maximum atomic E-state index is 12.2. The molecule has 1 saturated carbocycles. The van der Waals surface area contributed by atoms with E-state index in [2.05, 4.69) is 28.5 Å². The number of likely N-dealkylation sites (N-methyl/N-ethyl adjacent to an activating group) is 1. The summed E-state index contributed by atoms with van der Waals surface area (Å²) in [6, 6.07) is 4.09. The van der Waals surface area contributed by atoms with Crippen LogP contribution in [0.25, 0.3) is 0 Å². The fraction of sp³-hybridized carbons (Fsp3) is 0.692. The molecule has 4 atom stereocenters. The molecule has 5 rings (SSSR count). The van der Waals surface area contributed by atoms with Crippen molar-refractivity contribution in [3.8, 4) is 11.5 Å². The second-order valence-corrected chi connectivity index (χ2v) is 10.4. The molecule has 1 aromatic rings. The van der Waals surface area contributed by atoms with E-state index in [0.717, 1.165) is 62.1 Å². The van der Waals surface area contributed by atoms with Crippen LogP contribution in [0.2, 0.25) is 0 Å². The van der Waals surface area contributed by atoms with Crippen LogP contribution in [0, 0.1) is 0 Å². The van der Waals surface area contributed by atoms with Crippen molar-refractivity contribution in [1.29, 1.82) is 0 Å². The minimum absolute atomic E-state index is 0.0206. The van der Waals surface area contributed by atoms with Gasteiger partial charge in [0.05, 0.1) is 23.8 Å². The Morgan fingerprint density at radius 3 is 2.94 bits per heavy atom. The molecular formula is C26H38N4O5. The minimum atomic E-state index is -0.921. The van der Waals surface area contributed by atoms with Gasteiger partial charge in [-0.15, -0.1) is 0 Å². The van der Waals surface area contributed by atoms with Gasteiger partial charge < -0.3 is 35.4 Å². The number of rotatable bonds is 10. The van der Waals surface area contributed by atoms with Gasteiger partial charge in [0.15, 0.2) is 24.2 Å². The second-order valence-electron chi connectivity index (χ2n) is 10.4. The molecule has 2 fully saturated rings. The normalized spacial score (nSPS) is 31.6. The Hall–Kier alpha value is -2.36. The maximum Gasteiger partial charge on any atom is 0.260 e. The molecule has 35 heavy (non-hydrogen) atoms. The summed E-state index contributed by atoms with van der Waals surface area (Å²) in [5.41, 5.74) is 7.03.